The fourth-order valence-corrected chi connectivity index (χ4v) is 1.93. The highest BCUT2D eigenvalue weighted by atomic mass is 32.1. The molecule has 1 amide bonds. The molecule has 5 heteroatoms. The number of amides is 1. The van der Waals surface area contributed by atoms with Gasteiger partial charge in [-0.3, -0.25) is 0 Å². The highest BCUT2D eigenvalue weighted by molar-refractivity contribution is 7.10. The molecule has 1 heterocycles. The smallest absolute Gasteiger partial charge is 0.407 e. The van der Waals surface area contributed by atoms with Crippen LogP contribution in [0.15, 0.2) is 41.9 Å². The van der Waals surface area contributed by atoms with Crippen molar-refractivity contribution in [3.63, 3.8) is 0 Å². The Balaban J connectivity index is 1.61. The van der Waals surface area contributed by atoms with E-state index in [-0.39, 0.29) is 6.61 Å². The predicted molar refractivity (Wildman–Crippen MR) is 78.2 cm³/mol. The molecule has 0 aliphatic heterocycles. The predicted octanol–water partition coefficient (Wildman–Crippen LogP) is 2.81. The van der Waals surface area contributed by atoms with Crippen LogP contribution in [0.4, 0.5) is 4.79 Å². The van der Waals surface area contributed by atoms with Crippen molar-refractivity contribution in [1.82, 2.24) is 10.3 Å². The number of thiazole rings is 1. The van der Waals surface area contributed by atoms with Crippen LogP contribution in [0.2, 0.25) is 0 Å². The lowest BCUT2D eigenvalue weighted by atomic mass is 10.2. The van der Waals surface area contributed by atoms with Gasteiger partial charge in [-0.15, -0.1) is 11.3 Å². The molecule has 0 atom stereocenters. The Kier molecular flexibility index (Phi) is 5.62. The average molecular weight is 286 g/mol. The first-order valence-corrected chi connectivity index (χ1v) is 7.05. The third kappa shape index (κ3) is 5.12. The van der Waals surface area contributed by atoms with Crippen molar-refractivity contribution in [2.75, 3.05) is 6.54 Å². The fourth-order valence-electron chi connectivity index (χ4n) is 1.42. The standard InChI is InChI=1S/C15H14N2O2S/c18-15(19-12-13-6-2-1-3-7-13)17-9-5-4-8-14-16-10-11-20-14/h1-3,6-7,10-11H,5,9,12H2,(H,17,18). The summed E-state index contributed by atoms with van der Waals surface area (Å²) in [5.74, 6) is 5.87. The van der Waals surface area contributed by atoms with E-state index in [1.165, 1.54) is 11.3 Å². The maximum atomic E-state index is 11.4. The lowest BCUT2D eigenvalue weighted by molar-refractivity contribution is 0.140. The number of rotatable bonds is 4. The normalized spacial score (nSPS) is 9.40. The summed E-state index contributed by atoms with van der Waals surface area (Å²) in [4.78, 5) is 15.5. The molecular weight excluding hydrogens is 272 g/mol. The second-order valence-electron chi connectivity index (χ2n) is 3.88. The van der Waals surface area contributed by atoms with E-state index in [9.17, 15) is 4.79 Å². The summed E-state index contributed by atoms with van der Waals surface area (Å²) in [6.07, 6.45) is 1.86. The van der Waals surface area contributed by atoms with Gasteiger partial charge in [0.25, 0.3) is 0 Å². The molecule has 1 aromatic heterocycles. The van der Waals surface area contributed by atoms with Crippen LogP contribution in [-0.4, -0.2) is 17.6 Å². The van der Waals surface area contributed by atoms with Crippen molar-refractivity contribution < 1.29 is 9.53 Å². The molecule has 2 rings (SSSR count). The van der Waals surface area contributed by atoms with Crippen molar-refractivity contribution in [3.05, 3.63) is 52.5 Å². The van der Waals surface area contributed by atoms with Gasteiger partial charge in [0, 0.05) is 24.5 Å². The molecule has 2 aromatic rings. The van der Waals surface area contributed by atoms with Crippen molar-refractivity contribution in [3.8, 4) is 11.8 Å². The molecule has 1 N–H and O–H groups in total. The molecule has 0 saturated heterocycles. The number of carbonyl (C=O) groups is 1. The summed E-state index contributed by atoms with van der Waals surface area (Å²) in [6.45, 7) is 0.740. The molecule has 20 heavy (non-hydrogen) atoms. The van der Waals surface area contributed by atoms with Gasteiger partial charge in [0.1, 0.15) is 6.61 Å². The maximum Gasteiger partial charge on any atom is 0.407 e. The topological polar surface area (TPSA) is 51.2 Å². The number of alkyl carbamates (subject to hydrolysis) is 1. The van der Waals surface area contributed by atoms with Crippen LogP contribution in [0.5, 0.6) is 0 Å². The second-order valence-corrected chi connectivity index (χ2v) is 4.77. The molecule has 0 aliphatic rings. The van der Waals surface area contributed by atoms with E-state index in [2.05, 4.69) is 22.1 Å². The molecule has 0 fully saturated rings. The summed E-state index contributed by atoms with van der Waals surface area (Å²) in [6, 6.07) is 9.56. The first-order chi connectivity index (χ1) is 9.84. The van der Waals surface area contributed by atoms with Crippen LogP contribution in [0.25, 0.3) is 0 Å². The van der Waals surface area contributed by atoms with Crippen molar-refractivity contribution in [2.24, 2.45) is 0 Å². The molecule has 0 unspecified atom stereocenters. The lowest BCUT2D eigenvalue weighted by Gasteiger charge is -2.05. The molecule has 0 spiro atoms. The fraction of sp³-hybridized carbons (Fsp3) is 0.200. The maximum absolute atomic E-state index is 11.4. The molecule has 0 saturated carbocycles. The number of ether oxygens (including phenoxy) is 1. The van der Waals surface area contributed by atoms with E-state index >= 15 is 0 Å². The highest BCUT2D eigenvalue weighted by Crippen LogP contribution is 2.01. The Hall–Kier alpha value is -2.32. The van der Waals surface area contributed by atoms with E-state index in [0.717, 1.165) is 10.6 Å². The third-order valence-electron chi connectivity index (χ3n) is 2.36. The summed E-state index contributed by atoms with van der Waals surface area (Å²) >= 11 is 1.50. The van der Waals surface area contributed by atoms with E-state index in [1.54, 1.807) is 6.20 Å². The van der Waals surface area contributed by atoms with Gasteiger partial charge in [-0.2, -0.15) is 0 Å². The van der Waals surface area contributed by atoms with E-state index in [0.29, 0.717) is 13.0 Å². The van der Waals surface area contributed by atoms with E-state index in [1.807, 2.05) is 35.7 Å². The highest BCUT2D eigenvalue weighted by Gasteiger charge is 2.00. The Labute approximate surface area is 121 Å². The monoisotopic (exact) mass is 286 g/mol. The number of nitrogens with one attached hydrogen (secondary N) is 1. The molecule has 0 radical (unpaired) electrons. The van der Waals surface area contributed by atoms with Crippen LogP contribution >= 0.6 is 11.3 Å². The van der Waals surface area contributed by atoms with Crippen molar-refractivity contribution in [2.45, 2.75) is 13.0 Å². The van der Waals surface area contributed by atoms with Crippen LogP contribution in [0, 0.1) is 11.8 Å². The zero-order valence-corrected chi connectivity index (χ0v) is 11.7. The number of aromatic nitrogens is 1. The van der Waals surface area contributed by atoms with Gasteiger partial charge in [-0.05, 0) is 11.5 Å². The Morgan fingerprint density at radius 1 is 1.35 bits per heavy atom. The van der Waals surface area contributed by atoms with Gasteiger partial charge < -0.3 is 10.1 Å². The molecule has 102 valence electrons. The van der Waals surface area contributed by atoms with Gasteiger partial charge in [-0.25, -0.2) is 9.78 Å². The molecule has 1 aromatic carbocycles. The summed E-state index contributed by atoms with van der Waals surface area (Å²) in [5.41, 5.74) is 0.964. The van der Waals surface area contributed by atoms with Gasteiger partial charge in [0.15, 0.2) is 5.01 Å². The zero-order chi connectivity index (χ0) is 14.0. The van der Waals surface area contributed by atoms with Crippen molar-refractivity contribution >= 4 is 17.4 Å². The number of benzene rings is 1. The van der Waals surface area contributed by atoms with Gasteiger partial charge in [0.05, 0.1) is 0 Å². The number of nitrogens with zero attached hydrogens (tertiary/aromatic N) is 1. The Morgan fingerprint density at radius 3 is 2.95 bits per heavy atom. The molecule has 0 bridgehead atoms. The van der Waals surface area contributed by atoms with Crippen LogP contribution in [-0.2, 0) is 11.3 Å². The minimum absolute atomic E-state index is 0.275. The van der Waals surface area contributed by atoms with Gasteiger partial charge in [0.2, 0.25) is 0 Å². The minimum Gasteiger partial charge on any atom is -0.445 e. The zero-order valence-electron chi connectivity index (χ0n) is 10.8. The first-order valence-electron chi connectivity index (χ1n) is 6.17. The molecule has 4 nitrogen and oxygen atoms in total. The Morgan fingerprint density at radius 2 is 2.20 bits per heavy atom. The van der Waals surface area contributed by atoms with Crippen LogP contribution < -0.4 is 5.32 Å². The van der Waals surface area contributed by atoms with Crippen molar-refractivity contribution in [1.29, 1.82) is 0 Å². The first kappa shape index (κ1) is 14.1. The second kappa shape index (κ2) is 7.97. The number of carbonyl (C=O) groups excluding carboxylic acids is 1. The van der Waals surface area contributed by atoms with Gasteiger partial charge in [-0.1, -0.05) is 36.3 Å². The molecule has 0 aliphatic carbocycles. The van der Waals surface area contributed by atoms with Crippen LogP contribution in [0.1, 0.15) is 17.0 Å². The van der Waals surface area contributed by atoms with E-state index < -0.39 is 6.09 Å². The minimum atomic E-state index is -0.426. The third-order valence-corrected chi connectivity index (χ3v) is 3.05. The summed E-state index contributed by atoms with van der Waals surface area (Å²) in [7, 11) is 0. The van der Waals surface area contributed by atoms with Crippen LogP contribution in [0.3, 0.4) is 0 Å². The molecular formula is C15H14N2O2S. The number of hydrogen-bond donors (Lipinski definition) is 1. The van der Waals surface area contributed by atoms with Gasteiger partial charge >= 0.3 is 6.09 Å². The quantitative estimate of drug-likeness (QED) is 0.694. The number of hydrogen-bond acceptors (Lipinski definition) is 4. The average Bonchev–Trinajstić information content (AvgIpc) is 2.99. The largest absolute Gasteiger partial charge is 0.445 e. The summed E-state index contributed by atoms with van der Waals surface area (Å²) < 4.78 is 5.07. The van der Waals surface area contributed by atoms with E-state index in [4.69, 9.17) is 4.74 Å². The Bertz CT molecular complexity index is 585. The summed E-state index contributed by atoms with van der Waals surface area (Å²) in [5, 5.41) is 5.32. The SMILES string of the molecule is O=C(NCCC#Cc1nccs1)OCc1ccccc1. The lowest BCUT2D eigenvalue weighted by Crippen LogP contribution is -2.24.